The first-order valence-electron chi connectivity index (χ1n) is 6.54. The van der Waals surface area contributed by atoms with E-state index in [-0.39, 0.29) is 11.4 Å². The van der Waals surface area contributed by atoms with Crippen molar-refractivity contribution in [3.8, 4) is 5.69 Å². The zero-order valence-corrected chi connectivity index (χ0v) is 11.4. The summed E-state index contributed by atoms with van der Waals surface area (Å²) in [5, 5.41) is 7.52. The average molecular weight is 297 g/mol. The normalized spacial score (nSPS) is 11.6. The van der Waals surface area contributed by atoms with Crippen LogP contribution in [-0.2, 0) is 12.6 Å². The van der Waals surface area contributed by atoms with Gasteiger partial charge in [0.1, 0.15) is 5.69 Å². The number of rotatable bonds is 5. The van der Waals surface area contributed by atoms with E-state index in [2.05, 4.69) is 10.3 Å². The van der Waals surface area contributed by atoms with Gasteiger partial charge in [-0.25, -0.2) is 4.68 Å². The van der Waals surface area contributed by atoms with Crippen molar-refractivity contribution < 1.29 is 18.0 Å². The van der Waals surface area contributed by atoms with Crippen LogP contribution in [0.15, 0.2) is 24.3 Å². The minimum Gasteiger partial charge on any atom is -0.296 e. The number of alkyl halides is 3. The van der Waals surface area contributed by atoms with Crippen molar-refractivity contribution in [1.82, 2.24) is 15.0 Å². The molecule has 0 aliphatic carbocycles. The number of halogens is 3. The summed E-state index contributed by atoms with van der Waals surface area (Å²) in [7, 11) is 0. The molecule has 2 rings (SSSR count). The molecule has 7 heteroatoms. The molecule has 0 N–H and O–H groups in total. The summed E-state index contributed by atoms with van der Waals surface area (Å²) in [6.45, 7) is 1.99. The van der Waals surface area contributed by atoms with Crippen molar-refractivity contribution in [2.75, 3.05) is 0 Å². The largest absolute Gasteiger partial charge is 0.416 e. The predicted octanol–water partition coefficient (Wildman–Crippen LogP) is 3.44. The Morgan fingerprint density at radius 3 is 2.71 bits per heavy atom. The molecule has 1 aromatic carbocycles. The fourth-order valence-corrected chi connectivity index (χ4v) is 2.00. The summed E-state index contributed by atoms with van der Waals surface area (Å²) in [6.07, 6.45) is -1.62. The number of unbranched alkanes of at least 4 members (excludes halogenated alkanes) is 1. The van der Waals surface area contributed by atoms with Gasteiger partial charge in [0.05, 0.1) is 16.9 Å². The fraction of sp³-hybridized carbons (Fsp3) is 0.357. The van der Waals surface area contributed by atoms with Crippen LogP contribution < -0.4 is 0 Å². The Kier molecular flexibility index (Phi) is 4.40. The molecule has 0 bridgehead atoms. The van der Waals surface area contributed by atoms with E-state index in [4.69, 9.17) is 0 Å². The third-order valence-corrected chi connectivity index (χ3v) is 3.09. The fourth-order valence-electron chi connectivity index (χ4n) is 2.00. The van der Waals surface area contributed by atoms with Gasteiger partial charge in [-0.2, -0.15) is 13.2 Å². The van der Waals surface area contributed by atoms with Crippen molar-refractivity contribution in [1.29, 1.82) is 0 Å². The van der Waals surface area contributed by atoms with Crippen LogP contribution in [0.2, 0.25) is 0 Å². The van der Waals surface area contributed by atoms with E-state index < -0.39 is 11.7 Å². The highest BCUT2D eigenvalue weighted by Gasteiger charge is 2.30. The predicted molar refractivity (Wildman–Crippen MR) is 70.4 cm³/mol. The van der Waals surface area contributed by atoms with E-state index in [1.807, 2.05) is 6.92 Å². The maximum absolute atomic E-state index is 12.8. The first-order valence-corrected chi connectivity index (χ1v) is 6.54. The van der Waals surface area contributed by atoms with Crippen LogP contribution >= 0.6 is 0 Å². The van der Waals surface area contributed by atoms with Gasteiger partial charge in [-0.1, -0.05) is 24.6 Å². The summed E-state index contributed by atoms with van der Waals surface area (Å²) < 4.78 is 39.6. The zero-order valence-electron chi connectivity index (χ0n) is 11.4. The highest BCUT2D eigenvalue weighted by Crippen LogP contribution is 2.30. The van der Waals surface area contributed by atoms with Crippen LogP contribution in [0, 0.1) is 0 Å². The highest BCUT2D eigenvalue weighted by molar-refractivity contribution is 5.73. The molecular formula is C14H14F3N3O. The lowest BCUT2D eigenvalue weighted by atomic mass is 10.1. The summed E-state index contributed by atoms with van der Waals surface area (Å²) >= 11 is 0. The Bertz CT molecular complexity index is 635. The summed E-state index contributed by atoms with van der Waals surface area (Å²) in [5.41, 5.74) is 0.188. The van der Waals surface area contributed by atoms with Crippen molar-refractivity contribution in [2.45, 2.75) is 32.4 Å². The molecule has 1 heterocycles. The lowest BCUT2D eigenvalue weighted by Crippen LogP contribution is -2.08. The molecule has 0 unspecified atom stereocenters. The first kappa shape index (κ1) is 15.2. The van der Waals surface area contributed by atoms with Gasteiger partial charge < -0.3 is 0 Å². The maximum atomic E-state index is 12.8. The van der Waals surface area contributed by atoms with E-state index in [9.17, 15) is 18.0 Å². The maximum Gasteiger partial charge on any atom is 0.416 e. The van der Waals surface area contributed by atoms with Crippen LogP contribution in [0.25, 0.3) is 5.69 Å². The Morgan fingerprint density at radius 2 is 2.10 bits per heavy atom. The SMILES string of the molecule is CCCCc1c(C=O)nnn1-c1cccc(C(F)(F)F)c1. The Morgan fingerprint density at radius 1 is 1.33 bits per heavy atom. The molecule has 0 atom stereocenters. The molecule has 0 saturated heterocycles. The molecular weight excluding hydrogens is 283 g/mol. The standard InChI is InChI=1S/C14H14F3N3O/c1-2-3-7-13-12(9-21)18-19-20(13)11-6-4-5-10(8-11)14(15,16)17/h4-6,8-9H,2-3,7H2,1H3. The topological polar surface area (TPSA) is 47.8 Å². The molecule has 0 aliphatic rings. The van der Waals surface area contributed by atoms with Gasteiger partial charge in [-0.3, -0.25) is 4.79 Å². The van der Waals surface area contributed by atoms with Crippen molar-refractivity contribution >= 4 is 6.29 Å². The Hall–Kier alpha value is -2.18. The van der Waals surface area contributed by atoms with E-state index >= 15 is 0 Å². The zero-order chi connectivity index (χ0) is 15.5. The highest BCUT2D eigenvalue weighted by atomic mass is 19.4. The third-order valence-electron chi connectivity index (χ3n) is 3.09. The van der Waals surface area contributed by atoms with Gasteiger partial charge >= 0.3 is 6.18 Å². The Labute approximate surface area is 119 Å². The minimum atomic E-state index is -4.42. The van der Waals surface area contributed by atoms with Gasteiger partial charge in [0.25, 0.3) is 0 Å². The number of hydrogen-bond donors (Lipinski definition) is 0. The van der Waals surface area contributed by atoms with Crippen LogP contribution in [0.5, 0.6) is 0 Å². The summed E-state index contributed by atoms with van der Waals surface area (Å²) in [6, 6.07) is 4.81. The van der Waals surface area contributed by atoms with E-state index in [1.54, 1.807) is 0 Å². The molecule has 0 aliphatic heterocycles. The number of nitrogens with zero attached hydrogens (tertiary/aromatic N) is 3. The third kappa shape index (κ3) is 3.29. The molecule has 0 fully saturated rings. The summed E-state index contributed by atoms with van der Waals surface area (Å²) in [4.78, 5) is 11.0. The number of aldehydes is 1. The second-order valence-electron chi connectivity index (χ2n) is 4.60. The molecule has 21 heavy (non-hydrogen) atoms. The second-order valence-corrected chi connectivity index (χ2v) is 4.60. The lowest BCUT2D eigenvalue weighted by Gasteiger charge is -2.10. The lowest BCUT2D eigenvalue weighted by molar-refractivity contribution is -0.137. The van der Waals surface area contributed by atoms with E-state index in [1.165, 1.54) is 16.8 Å². The number of carbonyl (C=O) groups is 1. The van der Waals surface area contributed by atoms with Crippen LogP contribution in [0.1, 0.15) is 41.5 Å². The van der Waals surface area contributed by atoms with Gasteiger partial charge in [-0.05, 0) is 31.0 Å². The molecule has 1 aromatic heterocycles. The number of benzene rings is 1. The smallest absolute Gasteiger partial charge is 0.296 e. The van der Waals surface area contributed by atoms with Crippen LogP contribution in [0.4, 0.5) is 13.2 Å². The molecule has 0 spiro atoms. The summed E-state index contributed by atoms with van der Waals surface area (Å²) in [5.74, 6) is 0. The van der Waals surface area contributed by atoms with Gasteiger partial charge in [0, 0.05) is 0 Å². The van der Waals surface area contributed by atoms with Crippen LogP contribution in [0.3, 0.4) is 0 Å². The van der Waals surface area contributed by atoms with Gasteiger partial charge in [0.2, 0.25) is 0 Å². The molecule has 0 saturated carbocycles. The van der Waals surface area contributed by atoms with E-state index in [0.717, 1.165) is 25.0 Å². The van der Waals surface area contributed by atoms with Gasteiger partial charge in [0.15, 0.2) is 6.29 Å². The molecule has 2 aromatic rings. The van der Waals surface area contributed by atoms with Crippen molar-refractivity contribution in [3.05, 3.63) is 41.2 Å². The Balaban J connectivity index is 2.46. The molecule has 0 radical (unpaired) electrons. The molecule has 0 amide bonds. The average Bonchev–Trinajstić information content (AvgIpc) is 2.87. The molecule has 112 valence electrons. The number of aromatic nitrogens is 3. The minimum absolute atomic E-state index is 0.167. The number of carbonyl (C=O) groups excluding carboxylic acids is 1. The van der Waals surface area contributed by atoms with E-state index in [0.29, 0.717) is 18.4 Å². The van der Waals surface area contributed by atoms with Crippen molar-refractivity contribution in [2.24, 2.45) is 0 Å². The number of hydrogen-bond acceptors (Lipinski definition) is 3. The van der Waals surface area contributed by atoms with Crippen LogP contribution in [-0.4, -0.2) is 21.3 Å². The van der Waals surface area contributed by atoms with Gasteiger partial charge in [-0.15, -0.1) is 5.10 Å². The van der Waals surface area contributed by atoms with Crippen molar-refractivity contribution in [3.63, 3.8) is 0 Å². The quantitative estimate of drug-likeness (QED) is 0.794. The second kappa shape index (κ2) is 6.07. The molecule has 4 nitrogen and oxygen atoms in total. The first-order chi connectivity index (χ1) is 9.97. The monoisotopic (exact) mass is 297 g/mol.